The van der Waals surface area contributed by atoms with E-state index in [1.165, 1.54) is 12.3 Å². The summed E-state index contributed by atoms with van der Waals surface area (Å²) in [6.45, 7) is 3.81. The molecule has 3 rings (SSSR count). The lowest BCUT2D eigenvalue weighted by molar-refractivity contribution is 0.0672. The number of halogens is 1. The van der Waals surface area contributed by atoms with Gasteiger partial charge in [0.15, 0.2) is 0 Å². The third-order valence-electron chi connectivity index (χ3n) is 4.41. The number of pyridine rings is 1. The zero-order chi connectivity index (χ0) is 18.0. The number of aromatic amines is 1. The molecule has 1 aromatic heterocycles. The smallest absolute Gasteiger partial charge is 0.260 e. The second-order valence-electron chi connectivity index (χ2n) is 6.03. The number of piperazine rings is 1. The minimum atomic E-state index is -0.422. The van der Waals surface area contributed by atoms with Gasteiger partial charge in [-0.05, 0) is 25.1 Å². The van der Waals surface area contributed by atoms with Crippen LogP contribution in [0.4, 0.5) is 5.69 Å². The number of para-hydroxylation sites is 2. The number of benzene rings is 1. The molecule has 1 aliphatic heterocycles. The predicted octanol–water partition coefficient (Wildman–Crippen LogP) is 2.39. The van der Waals surface area contributed by atoms with E-state index in [1.54, 1.807) is 12.0 Å². The number of carbonyl (C=O) groups is 1. The highest BCUT2D eigenvalue weighted by atomic mass is 35.5. The van der Waals surface area contributed by atoms with Crippen molar-refractivity contribution in [3.8, 4) is 5.75 Å². The summed E-state index contributed by atoms with van der Waals surface area (Å²) in [5.74, 6) is 0.511. The standard InChI is InChI=1S/C18H20ClN3O3/c1-12-11-21(15-5-3-4-6-16(15)25-2)7-8-22(12)18(24)14-9-13(19)10-20-17(14)23/h3-6,9-10,12H,7-8,11H2,1-2H3,(H,20,23)/t12-/m0/s1. The van der Waals surface area contributed by atoms with Gasteiger partial charge in [0.1, 0.15) is 11.3 Å². The summed E-state index contributed by atoms with van der Waals surface area (Å²) >= 11 is 5.91. The molecule has 25 heavy (non-hydrogen) atoms. The van der Waals surface area contributed by atoms with Crippen molar-refractivity contribution in [3.05, 3.63) is 57.5 Å². The van der Waals surface area contributed by atoms with Crippen LogP contribution in [0.25, 0.3) is 0 Å². The fourth-order valence-corrected chi connectivity index (χ4v) is 3.30. The minimum absolute atomic E-state index is 0.0513. The summed E-state index contributed by atoms with van der Waals surface area (Å²) in [4.78, 5) is 31.1. The minimum Gasteiger partial charge on any atom is -0.495 e. The van der Waals surface area contributed by atoms with Crippen LogP contribution < -0.4 is 15.2 Å². The quantitative estimate of drug-likeness (QED) is 0.911. The number of ether oxygens (including phenoxy) is 1. The van der Waals surface area contributed by atoms with Gasteiger partial charge >= 0.3 is 0 Å². The highest BCUT2D eigenvalue weighted by Gasteiger charge is 2.30. The first-order valence-electron chi connectivity index (χ1n) is 8.08. The Kier molecular flexibility index (Phi) is 4.99. The Labute approximate surface area is 151 Å². The van der Waals surface area contributed by atoms with Crippen molar-refractivity contribution in [3.63, 3.8) is 0 Å². The Hall–Kier alpha value is -2.47. The number of anilines is 1. The monoisotopic (exact) mass is 361 g/mol. The number of hydrogen-bond acceptors (Lipinski definition) is 4. The molecular formula is C18H20ClN3O3. The molecule has 132 valence electrons. The van der Waals surface area contributed by atoms with Crippen molar-refractivity contribution in [2.24, 2.45) is 0 Å². The summed E-state index contributed by atoms with van der Waals surface area (Å²) < 4.78 is 5.42. The van der Waals surface area contributed by atoms with Gasteiger partial charge in [-0.3, -0.25) is 9.59 Å². The zero-order valence-corrected chi connectivity index (χ0v) is 14.9. The number of rotatable bonds is 3. The zero-order valence-electron chi connectivity index (χ0n) is 14.2. The average Bonchev–Trinajstić information content (AvgIpc) is 2.63. The van der Waals surface area contributed by atoms with E-state index in [-0.39, 0.29) is 17.5 Å². The van der Waals surface area contributed by atoms with E-state index >= 15 is 0 Å². The van der Waals surface area contributed by atoms with E-state index in [4.69, 9.17) is 16.3 Å². The van der Waals surface area contributed by atoms with Crippen LogP contribution in [-0.2, 0) is 0 Å². The Morgan fingerprint density at radius 1 is 1.32 bits per heavy atom. The fourth-order valence-electron chi connectivity index (χ4n) is 3.14. The molecule has 0 aliphatic carbocycles. The van der Waals surface area contributed by atoms with Gasteiger partial charge in [-0.2, -0.15) is 0 Å². The molecular weight excluding hydrogens is 342 g/mol. The maximum Gasteiger partial charge on any atom is 0.260 e. The lowest BCUT2D eigenvalue weighted by Gasteiger charge is -2.41. The van der Waals surface area contributed by atoms with Crippen molar-refractivity contribution in [2.75, 3.05) is 31.6 Å². The lowest BCUT2D eigenvalue weighted by Crippen LogP contribution is -2.54. The second kappa shape index (κ2) is 7.19. The predicted molar refractivity (Wildman–Crippen MR) is 97.8 cm³/mol. The van der Waals surface area contributed by atoms with Crippen molar-refractivity contribution in [1.29, 1.82) is 0 Å². The first-order valence-corrected chi connectivity index (χ1v) is 8.46. The molecule has 1 aromatic carbocycles. The number of aromatic nitrogens is 1. The van der Waals surface area contributed by atoms with E-state index in [0.717, 1.165) is 11.4 Å². The Balaban J connectivity index is 1.79. The molecule has 1 amide bonds. The van der Waals surface area contributed by atoms with Gasteiger partial charge < -0.3 is 19.5 Å². The first-order chi connectivity index (χ1) is 12.0. The topological polar surface area (TPSA) is 65.6 Å². The molecule has 6 nitrogen and oxygen atoms in total. The van der Waals surface area contributed by atoms with Gasteiger partial charge in [0, 0.05) is 31.9 Å². The van der Waals surface area contributed by atoms with Crippen molar-refractivity contribution in [2.45, 2.75) is 13.0 Å². The van der Waals surface area contributed by atoms with Crippen LogP contribution in [0.2, 0.25) is 5.02 Å². The summed E-state index contributed by atoms with van der Waals surface area (Å²) in [5, 5.41) is 0.336. The van der Waals surface area contributed by atoms with Crippen LogP contribution >= 0.6 is 11.6 Å². The van der Waals surface area contributed by atoms with Crippen LogP contribution in [0.3, 0.4) is 0 Å². The Morgan fingerprint density at radius 2 is 2.08 bits per heavy atom. The fraction of sp³-hybridized carbons (Fsp3) is 0.333. The van der Waals surface area contributed by atoms with E-state index in [1.807, 2.05) is 31.2 Å². The Morgan fingerprint density at radius 3 is 2.80 bits per heavy atom. The van der Waals surface area contributed by atoms with Crippen LogP contribution in [0.1, 0.15) is 17.3 Å². The number of nitrogens with one attached hydrogen (secondary N) is 1. The van der Waals surface area contributed by atoms with Gasteiger partial charge in [-0.15, -0.1) is 0 Å². The van der Waals surface area contributed by atoms with Crippen LogP contribution in [-0.4, -0.2) is 48.6 Å². The third-order valence-corrected chi connectivity index (χ3v) is 4.63. The van der Waals surface area contributed by atoms with Gasteiger partial charge in [0.25, 0.3) is 11.5 Å². The molecule has 0 unspecified atom stereocenters. The van der Waals surface area contributed by atoms with E-state index in [2.05, 4.69) is 9.88 Å². The van der Waals surface area contributed by atoms with E-state index in [0.29, 0.717) is 24.7 Å². The largest absolute Gasteiger partial charge is 0.495 e. The molecule has 0 saturated carbocycles. The van der Waals surface area contributed by atoms with Gasteiger partial charge in [-0.1, -0.05) is 23.7 Å². The molecule has 2 heterocycles. The van der Waals surface area contributed by atoms with Gasteiger partial charge in [-0.25, -0.2) is 0 Å². The molecule has 2 aromatic rings. The molecule has 1 fully saturated rings. The normalized spacial score (nSPS) is 17.5. The summed E-state index contributed by atoms with van der Waals surface area (Å²) in [7, 11) is 1.65. The molecule has 1 aliphatic rings. The van der Waals surface area contributed by atoms with E-state index < -0.39 is 5.56 Å². The highest BCUT2D eigenvalue weighted by molar-refractivity contribution is 6.30. The summed E-state index contributed by atoms with van der Waals surface area (Å²) in [5.41, 5.74) is 0.656. The van der Waals surface area contributed by atoms with Crippen molar-refractivity contribution < 1.29 is 9.53 Å². The highest BCUT2D eigenvalue weighted by Crippen LogP contribution is 2.29. The number of nitrogens with zero attached hydrogens (tertiary/aromatic N) is 2. The third kappa shape index (κ3) is 3.49. The van der Waals surface area contributed by atoms with Crippen LogP contribution in [0, 0.1) is 0 Å². The molecule has 0 spiro atoms. The number of carbonyl (C=O) groups excluding carboxylic acids is 1. The SMILES string of the molecule is COc1ccccc1N1CCN(C(=O)c2cc(Cl)c[nH]c2=O)[C@@H](C)C1. The number of H-pyrrole nitrogens is 1. The maximum atomic E-state index is 12.8. The molecule has 0 radical (unpaired) electrons. The van der Waals surface area contributed by atoms with Crippen molar-refractivity contribution >= 4 is 23.2 Å². The van der Waals surface area contributed by atoms with Gasteiger partial charge in [0.2, 0.25) is 0 Å². The molecule has 1 atom stereocenters. The molecule has 1 N–H and O–H groups in total. The first kappa shape index (κ1) is 17.4. The van der Waals surface area contributed by atoms with Crippen LogP contribution in [0.5, 0.6) is 5.75 Å². The average molecular weight is 362 g/mol. The molecule has 0 bridgehead atoms. The second-order valence-corrected chi connectivity index (χ2v) is 6.46. The van der Waals surface area contributed by atoms with Crippen LogP contribution in [0.15, 0.2) is 41.3 Å². The van der Waals surface area contributed by atoms with Crippen molar-refractivity contribution in [1.82, 2.24) is 9.88 Å². The maximum absolute atomic E-state index is 12.8. The summed E-state index contributed by atoms with van der Waals surface area (Å²) in [6.07, 6.45) is 1.38. The lowest BCUT2D eigenvalue weighted by atomic mass is 10.1. The number of hydrogen-bond donors (Lipinski definition) is 1. The molecule has 1 saturated heterocycles. The Bertz CT molecular complexity index is 836. The number of amides is 1. The number of methoxy groups -OCH3 is 1. The summed E-state index contributed by atoms with van der Waals surface area (Å²) in [6, 6.07) is 9.18. The van der Waals surface area contributed by atoms with Gasteiger partial charge in [0.05, 0.1) is 17.8 Å². The molecule has 7 heteroatoms. The van der Waals surface area contributed by atoms with E-state index in [9.17, 15) is 9.59 Å².